The van der Waals surface area contributed by atoms with Crippen molar-refractivity contribution in [2.45, 2.75) is 12.1 Å². The quantitative estimate of drug-likeness (QED) is 0.288. The van der Waals surface area contributed by atoms with Crippen LogP contribution in [-0.2, 0) is 0 Å². The van der Waals surface area contributed by atoms with E-state index in [1.54, 1.807) is 6.07 Å². The van der Waals surface area contributed by atoms with Crippen molar-refractivity contribution in [3.8, 4) is 23.0 Å². The van der Waals surface area contributed by atoms with Gasteiger partial charge in [0.15, 0.2) is 11.0 Å². The number of H-pyrrole nitrogens is 1. The third-order valence-corrected chi connectivity index (χ3v) is 4.78. The van der Waals surface area contributed by atoms with E-state index in [0.29, 0.717) is 34.4 Å². The minimum atomic E-state index is 0.482. The van der Waals surface area contributed by atoms with E-state index in [2.05, 4.69) is 35.8 Å². The standard InChI is InChI=1S/C21H21N7OS/c1-13-5-4-6-15(11-13)23-20-26-19(27-28-20)14-7-9-16(10-8-14)29-18-12-17(22-2)24-21(25-18)30-3/h4-12H,1-3H3,(H,22,24,25)(H2,23,26,27,28). The molecule has 152 valence electrons. The maximum atomic E-state index is 5.89. The highest BCUT2D eigenvalue weighted by Crippen LogP contribution is 2.26. The van der Waals surface area contributed by atoms with E-state index in [1.165, 1.54) is 17.3 Å². The van der Waals surface area contributed by atoms with Crippen LogP contribution < -0.4 is 15.4 Å². The second-order valence-corrected chi connectivity index (χ2v) is 7.23. The Hall–Kier alpha value is -3.59. The maximum absolute atomic E-state index is 5.89. The van der Waals surface area contributed by atoms with Gasteiger partial charge in [0, 0.05) is 24.4 Å². The molecule has 2 aromatic carbocycles. The van der Waals surface area contributed by atoms with E-state index in [-0.39, 0.29) is 0 Å². The molecule has 0 saturated heterocycles. The minimum absolute atomic E-state index is 0.482. The van der Waals surface area contributed by atoms with Crippen molar-refractivity contribution in [1.29, 1.82) is 0 Å². The van der Waals surface area contributed by atoms with Gasteiger partial charge < -0.3 is 15.4 Å². The average molecular weight is 420 g/mol. The fraction of sp³-hybridized carbons (Fsp3) is 0.143. The van der Waals surface area contributed by atoms with Crippen LogP contribution in [0.25, 0.3) is 11.4 Å². The molecule has 0 radical (unpaired) electrons. The van der Waals surface area contributed by atoms with E-state index in [4.69, 9.17) is 4.74 Å². The molecule has 0 saturated carbocycles. The summed E-state index contributed by atoms with van der Waals surface area (Å²) in [6.45, 7) is 2.04. The molecule has 0 aliphatic rings. The topological polar surface area (TPSA) is 101 Å². The first-order chi connectivity index (χ1) is 14.6. The number of thioether (sulfide) groups is 1. The first-order valence-electron chi connectivity index (χ1n) is 9.28. The molecule has 0 fully saturated rings. The van der Waals surface area contributed by atoms with Crippen LogP contribution in [0.2, 0.25) is 0 Å². The van der Waals surface area contributed by atoms with Gasteiger partial charge in [-0.3, -0.25) is 5.10 Å². The molecule has 30 heavy (non-hydrogen) atoms. The molecule has 4 aromatic rings. The van der Waals surface area contributed by atoms with Crippen molar-refractivity contribution >= 4 is 29.2 Å². The summed E-state index contributed by atoms with van der Waals surface area (Å²) in [6.07, 6.45) is 1.92. The van der Waals surface area contributed by atoms with E-state index < -0.39 is 0 Å². The summed E-state index contributed by atoms with van der Waals surface area (Å²) in [5.74, 6) is 3.04. The average Bonchev–Trinajstić information content (AvgIpc) is 3.22. The van der Waals surface area contributed by atoms with Crippen molar-refractivity contribution in [3.05, 3.63) is 60.2 Å². The Morgan fingerprint density at radius 1 is 1.00 bits per heavy atom. The third-order valence-electron chi connectivity index (χ3n) is 4.23. The largest absolute Gasteiger partial charge is 0.439 e. The highest BCUT2D eigenvalue weighted by atomic mass is 32.2. The molecule has 0 atom stereocenters. The van der Waals surface area contributed by atoms with Crippen molar-refractivity contribution in [3.63, 3.8) is 0 Å². The Morgan fingerprint density at radius 2 is 1.83 bits per heavy atom. The van der Waals surface area contributed by atoms with Gasteiger partial charge in [-0.25, -0.2) is 4.98 Å². The van der Waals surface area contributed by atoms with E-state index in [9.17, 15) is 0 Å². The lowest BCUT2D eigenvalue weighted by molar-refractivity contribution is 0.456. The van der Waals surface area contributed by atoms with Crippen molar-refractivity contribution < 1.29 is 4.74 Å². The Kier molecular flexibility index (Phi) is 5.80. The molecule has 0 amide bonds. The number of ether oxygens (including phenoxy) is 1. The third kappa shape index (κ3) is 4.69. The predicted molar refractivity (Wildman–Crippen MR) is 120 cm³/mol. The van der Waals surface area contributed by atoms with Crippen LogP contribution in [0.3, 0.4) is 0 Å². The first-order valence-corrected chi connectivity index (χ1v) is 10.5. The Morgan fingerprint density at radius 3 is 2.57 bits per heavy atom. The Balaban J connectivity index is 1.47. The van der Waals surface area contributed by atoms with Gasteiger partial charge in [0.05, 0.1) is 0 Å². The fourth-order valence-corrected chi connectivity index (χ4v) is 3.15. The number of rotatable bonds is 7. The van der Waals surface area contributed by atoms with Gasteiger partial charge in [-0.05, 0) is 55.1 Å². The lowest BCUT2D eigenvalue weighted by Crippen LogP contribution is -1.98. The number of anilines is 3. The number of nitrogens with one attached hydrogen (secondary N) is 3. The molecule has 4 rings (SSSR count). The molecule has 2 aromatic heterocycles. The van der Waals surface area contributed by atoms with E-state index in [1.807, 2.05) is 68.8 Å². The van der Waals surface area contributed by atoms with Crippen LogP contribution in [0.15, 0.2) is 59.8 Å². The summed E-state index contributed by atoms with van der Waals surface area (Å²) in [4.78, 5) is 13.2. The van der Waals surface area contributed by atoms with Crippen LogP contribution in [-0.4, -0.2) is 38.5 Å². The van der Waals surface area contributed by atoms with Gasteiger partial charge in [-0.1, -0.05) is 23.9 Å². The summed E-state index contributed by atoms with van der Waals surface area (Å²) < 4.78 is 5.89. The van der Waals surface area contributed by atoms with Gasteiger partial charge in [-0.15, -0.1) is 5.10 Å². The van der Waals surface area contributed by atoms with Crippen LogP contribution >= 0.6 is 11.8 Å². The lowest BCUT2D eigenvalue weighted by atomic mass is 10.2. The highest BCUT2D eigenvalue weighted by Gasteiger charge is 2.09. The van der Waals surface area contributed by atoms with Crippen molar-refractivity contribution in [2.75, 3.05) is 23.9 Å². The smallest absolute Gasteiger partial charge is 0.246 e. The molecule has 3 N–H and O–H groups in total. The van der Waals surface area contributed by atoms with Gasteiger partial charge in [-0.2, -0.15) is 9.97 Å². The van der Waals surface area contributed by atoms with Crippen molar-refractivity contribution in [1.82, 2.24) is 25.1 Å². The van der Waals surface area contributed by atoms with Crippen LogP contribution in [0.1, 0.15) is 5.56 Å². The Bertz CT molecular complexity index is 1120. The number of nitrogens with zero attached hydrogens (tertiary/aromatic N) is 4. The van der Waals surface area contributed by atoms with Crippen LogP contribution in [0.5, 0.6) is 11.6 Å². The summed E-state index contributed by atoms with van der Waals surface area (Å²) in [5.41, 5.74) is 3.01. The van der Waals surface area contributed by atoms with Crippen molar-refractivity contribution in [2.24, 2.45) is 0 Å². The molecular formula is C21H21N7OS. The Labute approximate surface area is 178 Å². The SMILES string of the molecule is CNc1cc(Oc2ccc(-c3nc(Nc4cccc(C)c4)n[nH]3)cc2)nc(SC)n1. The number of hydrogen-bond donors (Lipinski definition) is 3. The zero-order valence-electron chi connectivity index (χ0n) is 16.8. The molecule has 0 aliphatic heterocycles. The molecule has 9 heteroatoms. The number of benzene rings is 2. The van der Waals surface area contributed by atoms with Crippen LogP contribution in [0.4, 0.5) is 17.5 Å². The normalized spacial score (nSPS) is 10.6. The summed E-state index contributed by atoms with van der Waals surface area (Å²) in [6, 6.07) is 17.4. The monoisotopic (exact) mass is 419 g/mol. The summed E-state index contributed by atoms with van der Waals surface area (Å²) in [7, 11) is 1.81. The molecule has 0 bridgehead atoms. The molecule has 0 unspecified atom stereocenters. The summed E-state index contributed by atoms with van der Waals surface area (Å²) >= 11 is 1.46. The number of hydrogen-bond acceptors (Lipinski definition) is 8. The van der Waals surface area contributed by atoms with Gasteiger partial charge in [0.25, 0.3) is 0 Å². The minimum Gasteiger partial charge on any atom is -0.439 e. The maximum Gasteiger partial charge on any atom is 0.246 e. The summed E-state index contributed by atoms with van der Waals surface area (Å²) in [5, 5.41) is 14.1. The second-order valence-electron chi connectivity index (χ2n) is 6.46. The predicted octanol–water partition coefficient (Wildman–Crippen LogP) is 4.87. The molecule has 0 aliphatic carbocycles. The zero-order chi connectivity index (χ0) is 20.9. The molecule has 0 spiro atoms. The molecule has 2 heterocycles. The number of aromatic nitrogens is 5. The number of aromatic amines is 1. The van der Waals surface area contributed by atoms with E-state index >= 15 is 0 Å². The molecule has 8 nitrogen and oxygen atoms in total. The van der Waals surface area contributed by atoms with E-state index in [0.717, 1.165) is 11.3 Å². The van der Waals surface area contributed by atoms with Crippen LogP contribution in [0, 0.1) is 6.92 Å². The zero-order valence-corrected chi connectivity index (χ0v) is 17.6. The van der Waals surface area contributed by atoms with Gasteiger partial charge in [0.1, 0.15) is 11.6 Å². The van der Waals surface area contributed by atoms with Gasteiger partial charge in [0.2, 0.25) is 11.8 Å². The second kappa shape index (κ2) is 8.83. The molecular weight excluding hydrogens is 398 g/mol. The lowest BCUT2D eigenvalue weighted by Gasteiger charge is -2.08. The number of aryl methyl sites for hydroxylation is 1. The van der Waals surface area contributed by atoms with Gasteiger partial charge >= 0.3 is 0 Å². The first kappa shape index (κ1) is 19.7. The highest BCUT2D eigenvalue weighted by molar-refractivity contribution is 7.98. The fourth-order valence-electron chi connectivity index (χ4n) is 2.78.